The van der Waals surface area contributed by atoms with E-state index in [4.69, 9.17) is 14.5 Å². The molecule has 0 saturated heterocycles. The van der Waals surface area contributed by atoms with Crippen molar-refractivity contribution in [2.24, 2.45) is 16.8 Å². The zero-order valence-corrected chi connectivity index (χ0v) is 19.1. The van der Waals surface area contributed by atoms with Crippen molar-refractivity contribution in [3.05, 3.63) is 65.7 Å². The second-order valence-electron chi connectivity index (χ2n) is 8.37. The number of aliphatic imine (C=N–C) groups is 1. The van der Waals surface area contributed by atoms with Crippen LogP contribution in [0.2, 0.25) is 0 Å². The number of aryl methyl sites for hydroxylation is 1. The van der Waals surface area contributed by atoms with Crippen LogP contribution in [0.15, 0.2) is 59.6 Å². The van der Waals surface area contributed by atoms with E-state index in [1.54, 1.807) is 20.8 Å². The standard InChI is InChI=1S/C26H31NO5/c1-5-31-24(28)22-20(27-19-14-12-17(3)13-15-19)16-26(4,30)23(25(29)32-6-2)21(22)18-10-8-7-9-11-18/h7-15,21-23,30H,5-6,16H2,1-4H3/t21-,22-,23+,26+/m1/s1. The highest BCUT2D eigenvalue weighted by Gasteiger charge is 2.56. The smallest absolute Gasteiger partial charge is 0.315 e. The monoisotopic (exact) mass is 437 g/mol. The zero-order chi connectivity index (χ0) is 23.3. The molecule has 1 aliphatic carbocycles. The lowest BCUT2D eigenvalue weighted by Gasteiger charge is -2.45. The van der Waals surface area contributed by atoms with Gasteiger partial charge in [0.05, 0.1) is 30.4 Å². The summed E-state index contributed by atoms with van der Waals surface area (Å²) >= 11 is 0. The average molecular weight is 438 g/mol. The summed E-state index contributed by atoms with van der Waals surface area (Å²) in [6.07, 6.45) is 0.0527. The number of carbonyl (C=O) groups excluding carboxylic acids is 2. The minimum atomic E-state index is -1.46. The van der Waals surface area contributed by atoms with E-state index in [0.717, 1.165) is 11.1 Å². The normalized spacial score (nSPS) is 26.5. The molecular formula is C26H31NO5. The molecule has 6 heteroatoms. The predicted octanol–water partition coefficient (Wildman–Crippen LogP) is 4.36. The highest BCUT2D eigenvalue weighted by Crippen LogP contribution is 2.47. The molecule has 170 valence electrons. The largest absolute Gasteiger partial charge is 0.466 e. The summed E-state index contributed by atoms with van der Waals surface area (Å²) in [5.41, 5.74) is 1.55. The van der Waals surface area contributed by atoms with Crippen LogP contribution in [-0.4, -0.2) is 41.6 Å². The van der Waals surface area contributed by atoms with Crippen LogP contribution in [0.3, 0.4) is 0 Å². The van der Waals surface area contributed by atoms with Gasteiger partial charge >= 0.3 is 11.9 Å². The average Bonchev–Trinajstić information content (AvgIpc) is 2.75. The SMILES string of the molecule is CCOC(=O)[C@@H]1C(=Nc2ccc(C)cc2)C[C@](C)(O)[C@H](C(=O)OCC)[C@@H]1c1ccccc1. The summed E-state index contributed by atoms with van der Waals surface area (Å²) < 4.78 is 10.8. The topological polar surface area (TPSA) is 85.2 Å². The van der Waals surface area contributed by atoms with Gasteiger partial charge in [-0.1, -0.05) is 48.0 Å². The van der Waals surface area contributed by atoms with Crippen LogP contribution in [-0.2, 0) is 19.1 Å². The van der Waals surface area contributed by atoms with Crippen LogP contribution in [0.1, 0.15) is 44.2 Å². The van der Waals surface area contributed by atoms with Gasteiger partial charge in [0.1, 0.15) is 5.92 Å². The van der Waals surface area contributed by atoms with Crippen molar-refractivity contribution in [3.8, 4) is 0 Å². The molecule has 6 nitrogen and oxygen atoms in total. The van der Waals surface area contributed by atoms with E-state index in [1.807, 2.05) is 61.5 Å². The van der Waals surface area contributed by atoms with Crippen molar-refractivity contribution in [3.63, 3.8) is 0 Å². The van der Waals surface area contributed by atoms with E-state index in [9.17, 15) is 14.7 Å². The second-order valence-corrected chi connectivity index (χ2v) is 8.37. The number of nitrogens with zero attached hydrogens (tertiary/aromatic N) is 1. The molecule has 3 rings (SSSR count). The molecule has 1 N–H and O–H groups in total. The Morgan fingerprint density at radius 1 is 1.00 bits per heavy atom. The molecule has 0 aromatic heterocycles. The van der Waals surface area contributed by atoms with Crippen LogP contribution in [0.4, 0.5) is 5.69 Å². The van der Waals surface area contributed by atoms with E-state index in [-0.39, 0.29) is 19.6 Å². The van der Waals surface area contributed by atoms with Crippen LogP contribution < -0.4 is 0 Å². The lowest BCUT2D eigenvalue weighted by molar-refractivity contribution is -0.163. The number of ether oxygens (including phenoxy) is 2. The highest BCUT2D eigenvalue weighted by atomic mass is 16.5. The van der Waals surface area contributed by atoms with Crippen LogP contribution in [0, 0.1) is 18.8 Å². The maximum Gasteiger partial charge on any atom is 0.315 e. The molecule has 4 atom stereocenters. The number of carbonyl (C=O) groups is 2. The molecule has 2 aromatic carbocycles. The molecule has 0 radical (unpaired) electrons. The molecule has 1 aliphatic rings. The van der Waals surface area contributed by atoms with Crippen LogP contribution >= 0.6 is 0 Å². The summed E-state index contributed by atoms with van der Waals surface area (Å²) in [6, 6.07) is 16.9. The molecule has 0 amide bonds. The van der Waals surface area contributed by atoms with Gasteiger partial charge in [0.2, 0.25) is 0 Å². The highest BCUT2D eigenvalue weighted by molar-refractivity contribution is 6.06. The van der Waals surface area contributed by atoms with Crippen LogP contribution in [0.25, 0.3) is 0 Å². The Kier molecular flexibility index (Phi) is 7.46. The van der Waals surface area contributed by atoms with Gasteiger partial charge in [0.15, 0.2) is 0 Å². The Balaban J connectivity index is 2.20. The lowest BCUT2D eigenvalue weighted by atomic mass is 9.61. The lowest BCUT2D eigenvalue weighted by Crippen LogP contribution is -2.55. The Bertz CT molecular complexity index is 965. The van der Waals surface area contributed by atoms with Crippen molar-refractivity contribution >= 4 is 23.3 Å². The summed E-state index contributed by atoms with van der Waals surface area (Å²) in [5, 5.41) is 11.5. The maximum absolute atomic E-state index is 13.2. The number of esters is 2. The van der Waals surface area contributed by atoms with E-state index in [1.165, 1.54) is 0 Å². The third kappa shape index (κ3) is 5.07. The quantitative estimate of drug-likeness (QED) is 0.679. The molecule has 0 unspecified atom stereocenters. The zero-order valence-electron chi connectivity index (χ0n) is 19.1. The first-order chi connectivity index (χ1) is 15.3. The molecular weight excluding hydrogens is 406 g/mol. The fraction of sp³-hybridized carbons (Fsp3) is 0.423. The van der Waals surface area contributed by atoms with Crippen molar-refractivity contribution in [1.82, 2.24) is 0 Å². The van der Waals surface area contributed by atoms with Crippen molar-refractivity contribution in [1.29, 1.82) is 0 Å². The van der Waals surface area contributed by atoms with Gasteiger partial charge in [-0.3, -0.25) is 14.6 Å². The minimum absolute atomic E-state index is 0.0527. The Morgan fingerprint density at radius 2 is 1.59 bits per heavy atom. The fourth-order valence-electron chi connectivity index (χ4n) is 4.47. The van der Waals surface area contributed by atoms with E-state index < -0.39 is 35.3 Å². The fourth-order valence-corrected chi connectivity index (χ4v) is 4.47. The second kappa shape index (κ2) is 10.1. The van der Waals surface area contributed by atoms with Gasteiger partial charge in [-0.25, -0.2) is 0 Å². The number of hydrogen-bond donors (Lipinski definition) is 1. The molecule has 1 fully saturated rings. The first kappa shape index (κ1) is 23.7. The summed E-state index contributed by atoms with van der Waals surface area (Å²) in [5.74, 6) is -3.45. The predicted molar refractivity (Wildman–Crippen MR) is 123 cm³/mol. The maximum atomic E-state index is 13.2. The Labute approximate surface area is 189 Å². The minimum Gasteiger partial charge on any atom is -0.466 e. The molecule has 0 spiro atoms. The van der Waals surface area contributed by atoms with E-state index >= 15 is 0 Å². The third-order valence-corrected chi connectivity index (χ3v) is 5.86. The summed E-state index contributed by atoms with van der Waals surface area (Å²) in [4.78, 5) is 31.0. The Hall–Kier alpha value is -2.99. The number of rotatable bonds is 6. The number of hydrogen-bond acceptors (Lipinski definition) is 6. The molecule has 0 aliphatic heterocycles. The van der Waals surface area contributed by atoms with E-state index in [2.05, 4.69) is 0 Å². The van der Waals surface area contributed by atoms with Gasteiger partial charge in [0, 0.05) is 18.1 Å². The van der Waals surface area contributed by atoms with Gasteiger partial charge in [0.25, 0.3) is 0 Å². The van der Waals surface area contributed by atoms with Gasteiger partial charge in [-0.05, 0) is 45.4 Å². The first-order valence-electron chi connectivity index (χ1n) is 11.0. The summed E-state index contributed by atoms with van der Waals surface area (Å²) in [7, 11) is 0. The molecule has 2 aromatic rings. The third-order valence-electron chi connectivity index (χ3n) is 5.86. The van der Waals surface area contributed by atoms with Gasteiger partial charge < -0.3 is 14.6 Å². The first-order valence-corrected chi connectivity index (χ1v) is 11.0. The van der Waals surface area contributed by atoms with E-state index in [0.29, 0.717) is 11.4 Å². The number of benzene rings is 2. The molecule has 0 heterocycles. The van der Waals surface area contributed by atoms with Crippen molar-refractivity contribution < 1.29 is 24.2 Å². The number of aliphatic hydroxyl groups is 1. The molecule has 1 saturated carbocycles. The van der Waals surface area contributed by atoms with Gasteiger partial charge in [-0.2, -0.15) is 0 Å². The van der Waals surface area contributed by atoms with Crippen LogP contribution in [0.5, 0.6) is 0 Å². The van der Waals surface area contributed by atoms with Crippen molar-refractivity contribution in [2.75, 3.05) is 13.2 Å². The molecule has 32 heavy (non-hydrogen) atoms. The summed E-state index contributed by atoms with van der Waals surface area (Å²) in [6.45, 7) is 7.44. The van der Waals surface area contributed by atoms with Gasteiger partial charge in [-0.15, -0.1) is 0 Å². The molecule has 0 bridgehead atoms. The Morgan fingerprint density at radius 3 is 2.19 bits per heavy atom. The van der Waals surface area contributed by atoms with Crippen molar-refractivity contribution in [2.45, 2.75) is 45.6 Å².